The van der Waals surface area contributed by atoms with Crippen molar-refractivity contribution in [2.24, 2.45) is 0 Å². The highest BCUT2D eigenvalue weighted by Crippen LogP contribution is 2.44. The molecule has 1 aliphatic carbocycles. The standard InChI is InChI=1S/C17H15FN2O4S/c1-2-19-14-6-5-13(18)15(12(14)8-25(19)24)20-16(22)10-4-3-9(21)7-11(10)17(20)23/h5-6H,2-4,7-8H2,1H3. The molecule has 2 amide bonds. The first-order valence-corrected chi connectivity index (χ1v) is 9.31. The van der Waals surface area contributed by atoms with Gasteiger partial charge in [0.15, 0.2) is 5.75 Å². The van der Waals surface area contributed by atoms with Crippen molar-refractivity contribution in [1.29, 1.82) is 0 Å². The van der Waals surface area contributed by atoms with Gasteiger partial charge in [0.1, 0.15) is 11.6 Å². The smallest absolute Gasteiger partial charge is 0.262 e. The van der Waals surface area contributed by atoms with Gasteiger partial charge < -0.3 is 4.55 Å². The maximum atomic E-state index is 14.6. The highest BCUT2D eigenvalue weighted by atomic mass is 32.2. The first-order valence-electron chi connectivity index (χ1n) is 8.04. The monoisotopic (exact) mass is 362 g/mol. The van der Waals surface area contributed by atoms with Crippen LogP contribution in [-0.4, -0.2) is 28.7 Å². The molecule has 0 N–H and O–H groups in total. The molecule has 0 spiro atoms. The van der Waals surface area contributed by atoms with Crippen molar-refractivity contribution in [1.82, 2.24) is 0 Å². The molecule has 1 atom stereocenters. The van der Waals surface area contributed by atoms with Crippen molar-refractivity contribution < 1.29 is 23.3 Å². The predicted molar refractivity (Wildman–Crippen MR) is 89.6 cm³/mol. The van der Waals surface area contributed by atoms with Crippen LogP contribution in [-0.2, 0) is 31.5 Å². The molecule has 0 radical (unpaired) electrons. The number of fused-ring (bicyclic) bond motifs is 1. The second-order valence-electron chi connectivity index (χ2n) is 6.17. The predicted octanol–water partition coefficient (Wildman–Crippen LogP) is 1.75. The Balaban J connectivity index is 1.83. The maximum Gasteiger partial charge on any atom is 0.262 e. The van der Waals surface area contributed by atoms with Gasteiger partial charge >= 0.3 is 0 Å². The van der Waals surface area contributed by atoms with Gasteiger partial charge in [-0.05, 0) is 25.5 Å². The van der Waals surface area contributed by atoms with Gasteiger partial charge in [-0.3, -0.25) is 14.4 Å². The Bertz CT molecular complexity index is 866. The molecule has 2 heterocycles. The van der Waals surface area contributed by atoms with E-state index in [1.54, 1.807) is 4.31 Å². The maximum absolute atomic E-state index is 14.6. The molecule has 0 bridgehead atoms. The Kier molecular flexibility index (Phi) is 3.69. The summed E-state index contributed by atoms with van der Waals surface area (Å²) >= 11 is -1.36. The molecule has 1 unspecified atom stereocenters. The lowest BCUT2D eigenvalue weighted by molar-refractivity contribution is -0.122. The van der Waals surface area contributed by atoms with E-state index >= 15 is 0 Å². The number of anilines is 2. The zero-order chi connectivity index (χ0) is 17.9. The molecule has 0 aromatic heterocycles. The fourth-order valence-corrected chi connectivity index (χ4v) is 5.02. The number of rotatable bonds is 2. The van der Waals surface area contributed by atoms with Gasteiger partial charge in [0.2, 0.25) is 0 Å². The molecule has 0 fully saturated rings. The van der Waals surface area contributed by atoms with Gasteiger partial charge in [0, 0.05) is 24.0 Å². The first-order chi connectivity index (χ1) is 11.9. The minimum atomic E-state index is -1.36. The Morgan fingerprint density at radius 1 is 1.16 bits per heavy atom. The van der Waals surface area contributed by atoms with E-state index < -0.39 is 29.0 Å². The fraction of sp³-hybridized carbons (Fsp3) is 0.353. The largest absolute Gasteiger partial charge is 0.593 e. The van der Waals surface area contributed by atoms with E-state index in [9.17, 15) is 23.3 Å². The van der Waals surface area contributed by atoms with Crippen LogP contribution in [0.1, 0.15) is 31.7 Å². The highest BCUT2D eigenvalue weighted by molar-refractivity contribution is 7.92. The van der Waals surface area contributed by atoms with Crippen LogP contribution < -0.4 is 9.21 Å². The Hall–Kier alpha value is -2.19. The fourth-order valence-electron chi connectivity index (χ4n) is 3.65. The van der Waals surface area contributed by atoms with Crippen LogP contribution in [0.3, 0.4) is 0 Å². The molecule has 25 heavy (non-hydrogen) atoms. The average Bonchev–Trinajstić information content (AvgIpc) is 3.02. The minimum absolute atomic E-state index is 0.0525. The van der Waals surface area contributed by atoms with E-state index in [0.717, 1.165) is 4.90 Å². The van der Waals surface area contributed by atoms with Crippen LogP contribution in [0.4, 0.5) is 15.8 Å². The quantitative estimate of drug-likeness (QED) is 0.591. The molecule has 8 heteroatoms. The lowest BCUT2D eigenvalue weighted by Crippen LogP contribution is -2.33. The van der Waals surface area contributed by atoms with Gasteiger partial charge in [-0.25, -0.2) is 9.29 Å². The summed E-state index contributed by atoms with van der Waals surface area (Å²) in [5, 5.41) is 0. The molecule has 1 aromatic carbocycles. The number of ketones is 1. The normalized spacial score (nSPS) is 22.8. The molecular weight excluding hydrogens is 347 g/mol. The lowest BCUT2D eigenvalue weighted by Gasteiger charge is -2.19. The van der Waals surface area contributed by atoms with Crippen LogP contribution in [0.2, 0.25) is 0 Å². The third kappa shape index (κ3) is 2.24. The summed E-state index contributed by atoms with van der Waals surface area (Å²) < 4.78 is 28.5. The lowest BCUT2D eigenvalue weighted by atomic mass is 9.92. The molecule has 2 aliphatic heterocycles. The first kappa shape index (κ1) is 16.3. The van der Waals surface area contributed by atoms with Crippen molar-refractivity contribution in [2.75, 3.05) is 15.7 Å². The summed E-state index contributed by atoms with van der Waals surface area (Å²) in [6.07, 6.45) is 0.341. The number of halogens is 1. The topological polar surface area (TPSA) is 80.8 Å². The second kappa shape index (κ2) is 5.67. The van der Waals surface area contributed by atoms with Crippen molar-refractivity contribution in [2.45, 2.75) is 31.9 Å². The molecule has 3 aliphatic rings. The van der Waals surface area contributed by atoms with Crippen molar-refractivity contribution >= 4 is 40.3 Å². The van der Waals surface area contributed by atoms with Crippen LogP contribution in [0.5, 0.6) is 0 Å². The summed E-state index contributed by atoms with van der Waals surface area (Å²) in [4.78, 5) is 37.9. The van der Waals surface area contributed by atoms with Crippen LogP contribution in [0.25, 0.3) is 0 Å². The molecular formula is C17H15FN2O4S. The Labute approximate surface area is 146 Å². The van der Waals surface area contributed by atoms with Crippen LogP contribution >= 0.6 is 0 Å². The summed E-state index contributed by atoms with van der Waals surface area (Å²) in [5.41, 5.74) is 1.31. The summed E-state index contributed by atoms with van der Waals surface area (Å²) in [5.74, 6) is -1.96. The van der Waals surface area contributed by atoms with E-state index in [2.05, 4.69) is 0 Å². The number of amides is 2. The van der Waals surface area contributed by atoms with Gasteiger partial charge in [-0.15, -0.1) is 0 Å². The minimum Gasteiger partial charge on any atom is -0.593 e. The van der Waals surface area contributed by atoms with E-state index in [4.69, 9.17) is 0 Å². The number of carbonyl (C=O) groups excluding carboxylic acids is 3. The summed E-state index contributed by atoms with van der Waals surface area (Å²) in [6.45, 7) is 2.30. The molecule has 0 saturated heterocycles. The molecule has 130 valence electrons. The van der Waals surface area contributed by atoms with E-state index in [0.29, 0.717) is 23.4 Å². The molecule has 1 aromatic rings. The SMILES string of the molecule is CCN1c2ccc(F)c(N3C(=O)C4=C(CC(=O)CC4)C3=O)c2C[S+]1[O-]. The van der Waals surface area contributed by atoms with Crippen molar-refractivity contribution in [3.05, 3.63) is 34.7 Å². The number of carbonyl (C=O) groups is 3. The van der Waals surface area contributed by atoms with Crippen molar-refractivity contribution in [3.8, 4) is 0 Å². The number of benzene rings is 1. The number of hydrogen-bond acceptors (Lipinski definition) is 5. The van der Waals surface area contributed by atoms with Crippen LogP contribution in [0.15, 0.2) is 23.3 Å². The zero-order valence-electron chi connectivity index (χ0n) is 13.5. The Morgan fingerprint density at radius 2 is 1.88 bits per heavy atom. The van der Waals surface area contributed by atoms with Gasteiger partial charge in [-0.2, -0.15) is 4.31 Å². The highest BCUT2D eigenvalue weighted by Gasteiger charge is 2.45. The molecule has 6 nitrogen and oxygen atoms in total. The molecule has 4 rings (SSSR count). The third-order valence-corrected chi connectivity index (χ3v) is 6.30. The molecule has 0 saturated carbocycles. The zero-order valence-corrected chi connectivity index (χ0v) is 14.3. The second-order valence-corrected chi connectivity index (χ2v) is 7.54. The van der Waals surface area contributed by atoms with E-state index in [1.165, 1.54) is 12.1 Å². The van der Waals surface area contributed by atoms with Crippen LogP contribution in [0, 0.1) is 5.82 Å². The van der Waals surface area contributed by atoms with E-state index in [-0.39, 0.29) is 42.1 Å². The van der Waals surface area contributed by atoms with Gasteiger partial charge in [0.05, 0.1) is 34.8 Å². The number of imide groups is 1. The van der Waals surface area contributed by atoms with E-state index in [1.807, 2.05) is 6.92 Å². The van der Waals surface area contributed by atoms with Crippen molar-refractivity contribution in [3.63, 3.8) is 0 Å². The summed E-state index contributed by atoms with van der Waals surface area (Å²) in [6, 6.07) is 2.70. The van der Waals surface area contributed by atoms with Gasteiger partial charge in [-0.1, -0.05) is 0 Å². The summed E-state index contributed by atoms with van der Waals surface area (Å²) in [7, 11) is 0. The average molecular weight is 362 g/mol. The van der Waals surface area contributed by atoms with Gasteiger partial charge in [0.25, 0.3) is 11.8 Å². The Morgan fingerprint density at radius 3 is 2.60 bits per heavy atom. The number of Topliss-reactive ketones (excluding diaryl/α,β-unsaturated/α-hetero) is 1. The number of nitrogens with zero attached hydrogens (tertiary/aromatic N) is 2. The third-order valence-electron chi connectivity index (χ3n) is 4.82. The number of hydrogen-bond donors (Lipinski definition) is 0.